The second kappa shape index (κ2) is 3.91. The van der Waals surface area contributed by atoms with Crippen LogP contribution in [0.25, 0.3) is 0 Å². The number of aromatic nitrogens is 3. The minimum absolute atomic E-state index is 0.0427. The van der Waals surface area contributed by atoms with Gasteiger partial charge in [-0.25, -0.2) is 4.79 Å². The van der Waals surface area contributed by atoms with Crippen molar-refractivity contribution in [3.05, 3.63) is 48.0 Å². The zero-order chi connectivity index (χ0) is 10.7. The first-order valence-electron chi connectivity index (χ1n) is 4.42. The molecule has 0 aliphatic heterocycles. The summed E-state index contributed by atoms with van der Waals surface area (Å²) in [6.45, 7) is 0.468. The van der Waals surface area contributed by atoms with Crippen LogP contribution >= 0.6 is 0 Å². The maximum atomic E-state index is 10.7. The Balaban J connectivity index is 2.25. The highest BCUT2D eigenvalue weighted by Crippen LogP contribution is 2.03. The van der Waals surface area contributed by atoms with Crippen LogP contribution in [0.4, 0.5) is 0 Å². The Kier molecular flexibility index (Phi) is 2.45. The van der Waals surface area contributed by atoms with E-state index in [0.29, 0.717) is 6.54 Å². The number of hydrogen-bond donors (Lipinski definition) is 1. The summed E-state index contributed by atoms with van der Waals surface area (Å²) in [7, 11) is 0. The number of benzene rings is 1. The number of nitrogens with zero attached hydrogens (tertiary/aromatic N) is 3. The first-order valence-corrected chi connectivity index (χ1v) is 4.42. The number of aromatic carboxylic acids is 1. The second-order valence-corrected chi connectivity index (χ2v) is 3.07. The maximum Gasteiger partial charge on any atom is 0.374 e. The van der Waals surface area contributed by atoms with Crippen molar-refractivity contribution in [1.82, 2.24) is 14.8 Å². The minimum atomic E-state index is -1.07. The number of carboxylic acids is 1. The average molecular weight is 203 g/mol. The molecule has 1 aromatic carbocycles. The van der Waals surface area contributed by atoms with Gasteiger partial charge in [0.2, 0.25) is 5.82 Å². The predicted molar refractivity (Wildman–Crippen MR) is 52.5 cm³/mol. The molecule has 5 heteroatoms. The van der Waals surface area contributed by atoms with Crippen LogP contribution in [0, 0.1) is 0 Å². The van der Waals surface area contributed by atoms with Gasteiger partial charge < -0.3 is 9.67 Å². The van der Waals surface area contributed by atoms with Gasteiger partial charge in [0.15, 0.2) is 0 Å². The van der Waals surface area contributed by atoms with Crippen molar-refractivity contribution >= 4 is 5.97 Å². The van der Waals surface area contributed by atoms with E-state index in [1.807, 2.05) is 30.3 Å². The van der Waals surface area contributed by atoms with E-state index in [9.17, 15) is 4.79 Å². The molecule has 76 valence electrons. The third kappa shape index (κ3) is 2.01. The van der Waals surface area contributed by atoms with E-state index < -0.39 is 5.97 Å². The molecule has 0 radical (unpaired) electrons. The molecule has 2 rings (SSSR count). The van der Waals surface area contributed by atoms with Gasteiger partial charge in [0, 0.05) is 0 Å². The summed E-state index contributed by atoms with van der Waals surface area (Å²) < 4.78 is 1.50. The summed E-state index contributed by atoms with van der Waals surface area (Å²) in [6.07, 6.45) is 1.41. The fourth-order valence-electron chi connectivity index (χ4n) is 1.32. The highest BCUT2D eigenvalue weighted by Gasteiger charge is 2.11. The van der Waals surface area contributed by atoms with E-state index in [1.165, 1.54) is 10.9 Å². The number of hydrogen-bond acceptors (Lipinski definition) is 3. The molecule has 0 amide bonds. The lowest BCUT2D eigenvalue weighted by Gasteiger charge is -2.03. The zero-order valence-electron chi connectivity index (χ0n) is 7.87. The topological polar surface area (TPSA) is 68.0 Å². The molecule has 0 spiro atoms. The van der Waals surface area contributed by atoms with Crippen molar-refractivity contribution < 1.29 is 9.90 Å². The molecule has 0 bridgehead atoms. The largest absolute Gasteiger partial charge is 0.475 e. The number of rotatable bonds is 3. The minimum Gasteiger partial charge on any atom is -0.475 e. The molecule has 0 saturated carbocycles. The fraction of sp³-hybridized carbons (Fsp3) is 0.100. The molecule has 0 saturated heterocycles. The van der Waals surface area contributed by atoms with Gasteiger partial charge in [0.1, 0.15) is 6.33 Å². The van der Waals surface area contributed by atoms with Crippen LogP contribution < -0.4 is 0 Å². The predicted octanol–water partition coefficient (Wildman–Crippen LogP) is 1.02. The Morgan fingerprint density at radius 1 is 1.33 bits per heavy atom. The smallest absolute Gasteiger partial charge is 0.374 e. The monoisotopic (exact) mass is 203 g/mol. The van der Waals surface area contributed by atoms with Crippen LogP contribution in [0.3, 0.4) is 0 Å². The van der Waals surface area contributed by atoms with Gasteiger partial charge in [0.05, 0.1) is 6.54 Å². The first-order chi connectivity index (χ1) is 7.27. The van der Waals surface area contributed by atoms with Gasteiger partial charge >= 0.3 is 5.97 Å². The standard InChI is InChI=1S/C10H9N3O2/c14-10(15)9-12-11-7-13(9)6-8-4-2-1-3-5-8/h1-5,7H,6H2,(H,14,15). The summed E-state index contributed by atoms with van der Waals surface area (Å²) in [6, 6.07) is 9.56. The molecule has 0 aliphatic carbocycles. The Labute approximate surface area is 86.0 Å². The third-order valence-corrected chi connectivity index (χ3v) is 2.00. The quantitative estimate of drug-likeness (QED) is 0.808. The van der Waals surface area contributed by atoms with Crippen LogP contribution in [0.1, 0.15) is 16.2 Å². The van der Waals surface area contributed by atoms with E-state index in [0.717, 1.165) is 5.56 Å². The van der Waals surface area contributed by atoms with Gasteiger partial charge in [0.25, 0.3) is 0 Å². The molecule has 0 fully saturated rings. The molecule has 0 aliphatic rings. The van der Waals surface area contributed by atoms with Gasteiger partial charge in [-0.2, -0.15) is 0 Å². The van der Waals surface area contributed by atoms with Gasteiger partial charge in [-0.3, -0.25) is 0 Å². The van der Waals surface area contributed by atoms with Gasteiger partial charge in [-0.1, -0.05) is 30.3 Å². The molecule has 0 atom stereocenters. The molecular weight excluding hydrogens is 194 g/mol. The van der Waals surface area contributed by atoms with Crippen LogP contribution in [0.15, 0.2) is 36.7 Å². The SMILES string of the molecule is O=C(O)c1nncn1Cc1ccccc1. The molecule has 1 heterocycles. The van der Waals surface area contributed by atoms with Crippen LogP contribution in [0.5, 0.6) is 0 Å². The van der Waals surface area contributed by atoms with Crippen LogP contribution in [-0.4, -0.2) is 25.8 Å². The molecule has 0 unspecified atom stereocenters. The summed E-state index contributed by atoms with van der Waals surface area (Å²) in [5.74, 6) is -1.11. The molecule has 5 nitrogen and oxygen atoms in total. The van der Waals surface area contributed by atoms with E-state index in [1.54, 1.807) is 0 Å². The van der Waals surface area contributed by atoms with Crippen molar-refractivity contribution in [2.75, 3.05) is 0 Å². The van der Waals surface area contributed by atoms with E-state index >= 15 is 0 Å². The van der Waals surface area contributed by atoms with Crippen molar-refractivity contribution in [1.29, 1.82) is 0 Å². The Morgan fingerprint density at radius 3 is 2.73 bits per heavy atom. The zero-order valence-corrected chi connectivity index (χ0v) is 7.87. The molecular formula is C10H9N3O2. The summed E-state index contributed by atoms with van der Waals surface area (Å²) in [4.78, 5) is 10.7. The van der Waals surface area contributed by atoms with Crippen molar-refractivity contribution in [3.8, 4) is 0 Å². The molecule has 1 aromatic heterocycles. The van der Waals surface area contributed by atoms with Crippen molar-refractivity contribution in [2.45, 2.75) is 6.54 Å². The molecule has 1 N–H and O–H groups in total. The Morgan fingerprint density at radius 2 is 2.07 bits per heavy atom. The summed E-state index contributed by atoms with van der Waals surface area (Å²) in [5.41, 5.74) is 1.01. The Bertz CT molecular complexity index is 465. The normalized spacial score (nSPS) is 10.1. The summed E-state index contributed by atoms with van der Waals surface area (Å²) >= 11 is 0. The van der Waals surface area contributed by atoms with E-state index in [2.05, 4.69) is 10.2 Å². The van der Waals surface area contributed by atoms with Gasteiger partial charge in [-0.05, 0) is 5.56 Å². The Hall–Kier alpha value is -2.17. The highest BCUT2D eigenvalue weighted by molar-refractivity contribution is 5.83. The second-order valence-electron chi connectivity index (χ2n) is 3.07. The lowest BCUT2D eigenvalue weighted by molar-refractivity contribution is 0.0678. The summed E-state index contributed by atoms with van der Waals surface area (Å²) in [5, 5.41) is 15.9. The van der Waals surface area contributed by atoms with Crippen molar-refractivity contribution in [3.63, 3.8) is 0 Å². The lowest BCUT2D eigenvalue weighted by Crippen LogP contribution is -2.09. The number of carboxylic acid groups (broad SMARTS) is 1. The maximum absolute atomic E-state index is 10.7. The van der Waals surface area contributed by atoms with E-state index in [-0.39, 0.29) is 5.82 Å². The van der Waals surface area contributed by atoms with E-state index in [4.69, 9.17) is 5.11 Å². The lowest BCUT2D eigenvalue weighted by atomic mass is 10.2. The van der Waals surface area contributed by atoms with Gasteiger partial charge in [-0.15, -0.1) is 10.2 Å². The molecule has 2 aromatic rings. The number of carbonyl (C=O) groups is 1. The third-order valence-electron chi connectivity index (χ3n) is 2.00. The van der Waals surface area contributed by atoms with Crippen molar-refractivity contribution in [2.24, 2.45) is 0 Å². The first kappa shape index (κ1) is 9.39. The molecule has 15 heavy (non-hydrogen) atoms. The van der Waals surface area contributed by atoms with Crippen LogP contribution in [0.2, 0.25) is 0 Å². The fourth-order valence-corrected chi connectivity index (χ4v) is 1.32. The van der Waals surface area contributed by atoms with Crippen LogP contribution in [-0.2, 0) is 6.54 Å². The highest BCUT2D eigenvalue weighted by atomic mass is 16.4. The average Bonchev–Trinajstić information content (AvgIpc) is 2.67.